The van der Waals surface area contributed by atoms with Crippen LogP contribution in [0.25, 0.3) is 0 Å². The van der Waals surface area contributed by atoms with Crippen LogP contribution in [0.2, 0.25) is 0 Å². The number of hydrogen-bond donors (Lipinski definition) is 0. The minimum absolute atomic E-state index is 0.0430. The van der Waals surface area contributed by atoms with Crippen molar-refractivity contribution < 1.29 is 74.6 Å². The Labute approximate surface area is 175 Å². The largest absolute Gasteiger partial charge is 0.460 e. The van der Waals surface area contributed by atoms with E-state index in [4.69, 9.17) is 0 Å². The fraction of sp³-hybridized carbons (Fsp3) is 1.00. The Balaban J connectivity index is 6.56. The van der Waals surface area contributed by atoms with Crippen molar-refractivity contribution in [1.82, 2.24) is 0 Å². The van der Waals surface area contributed by atoms with Crippen molar-refractivity contribution in [2.24, 2.45) is 0 Å². The SMILES string of the molecule is CCCC(I)CC(F)(F)C(F)(F)C(F)(F)C(F)(F)C(F)(F)C(F)(F)C(F)(F)C(F)(F)F. The van der Waals surface area contributed by atoms with Crippen LogP contribution in [0.15, 0.2) is 0 Å². The van der Waals surface area contributed by atoms with Crippen molar-refractivity contribution in [2.75, 3.05) is 0 Å². The lowest BCUT2D eigenvalue weighted by Crippen LogP contribution is -2.74. The molecule has 18 heteroatoms. The molecule has 0 spiro atoms. The second kappa shape index (κ2) is 8.39. The minimum Gasteiger partial charge on any atom is -0.200 e. The normalized spacial score (nSPS) is 17.1. The lowest BCUT2D eigenvalue weighted by molar-refractivity contribution is -0.461. The third-order valence-corrected chi connectivity index (χ3v) is 4.93. The predicted octanol–water partition coefficient (Wildman–Crippen LogP) is 7.99. The van der Waals surface area contributed by atoms with Crippen LogP contribution in [-0.4, -0.2) is 51.6 Å². The molecular weight excluding hydrogens is 606 g/mol. The van der Waals surface area contributed by atoms with Crippen LogP contribution in [0.1, 0.15) is 26.2 Å². The van der Waals surface area contributed by atoms with E-state index in [0.29, 0.717) is 0 Å². The van der Waals surface area contributed by atoms with E-state index in [2.05, 4.69) is 0 Å². The molecule has 0 amide bonds. The molecule has 0 aromatic heterocycles. The maximum Gasteiger partial charge on any atom is 0.460 e. The van der Waals surface area contributed by atoms with Gasteiger partial charge in [-0.15, -0.1) is 0 Å². The summed E-state index contributed by atoms with van der Waals surface area (Å²) in [6.45, 7) is 1.27. The van der Waals surface area contributed by atoms with Gasteiger partial charge in [0.15, 0.2) is 0 Å². The number of rotatable bonds is 10. The molecule has 1 unspecified atom stereocenters. The quantitative estimate of drug-likeness (QED) is 0.133. The van der Waals surface area contributed by atoms with E-state index in [1.54, 1.807) is 0 Å². The first-order valence-corrected chi connectivity index (χ1v) is 8.80. The van der Waals surface area contributed by atoms with Gasteiger partial charge in [0.25, 0.3) is 0 Å². The topological polar surface area (TPSA) is 0 Å². The maximum absolute atomic E-state index is 13.6. The highest BCUT2D eigenvalue weighted by molar-refractivity contribution is 14.1. The highest BCUT2D eigenvalue weighted by atomic mass is 127. The van der Waals surface area contributed by atoms with Gasteiger partial charge < -0.3 is 0 Å². The van der Waals surface area contributed by atoms with Gasteiger partial charge >= 0.3 is 47.6 Å². The van der Waals surface area contributed by atoms with Gasteiger partial charge in [0.2, 0.25) is 0 Å². The second-order valence-electron chi connectivity index (χ2n) is 6.24. The smallest absolute Gasteiger partial charge is 0.200 e. The molecule has 0 rings (SSSR count). The Morgan fingerprint density at radius 2 is 0.806 bits per heavy atom. The van der Waals surface area contributed by atoms with Crippen molar-refractivity contribution in [3.63, 3.8) is 0 Å². The summed E-state index contributed by atoms with van der Waals surface area (Å²) in [4.78, 5) is 0. The average molecular weight is 616 g/mol. The van der Waals surface area contributed by atoms with E-state index >= 15 is 0 Å². The Morgan fingerprint density at radius 1 is 0.516 bits per heavy atom. The van der Waals surface area contributed by atoms with Crippen LogP contribution >= 0.6 is 22.6 Å². The molecule has 0 saturated heterocycles. The highest BCUT2D eigenvalue weighted by Crippen LogP contribution is 2.64. The molecule has 0 aliphatic rings. The number of hydrogen-bond acceptors (Lipinski definition) is 0. The number of halogens is 18. The fourth-order valence-electron chi connectivity index (χ4n) is 2.02. The maximum atomic E-state index is 13.6. The molecule has 0 N–H and O–H groups in total. The van der Waals surface area contributed by atoms with E-state index in [1.165, 1.54) is 6.92 Å². The van der Waals surface area contributed by atoms with Gasteiger partial charge in [-0.3, -0.25) is 0 Å². The molecule has 0 fully saturated rings. The highest BCUT2D eigenvalue weighted by Gasteiger charge is 2.95. The standard InChI is InChI=1S/C13H10F17I/c1-2-3-5(31)4-6(14,15)7(16,17)8(18,19)9(20,21)10(22,23)11(24,25)12(26,27)13(28,29)30/h5H,2-4H2,1H3. The zero-order chi connectivity index (χ0) is 25.7. The van der Waals surface area contributed by atoms with Crippen molar-refractivity contribution in [3.05, 3.63) is 0 Å². The van der Waals surface area contributed by atoms with Crippen molar-refractivity contribution >= 4 is 22.6 Å². The van der Waals surface area contributed by atoms with E-state index in [9.17, 15) is 74.6 Å². The lowest BCUT2D eigenvalue weighted by atomic mass is 9.88. The molecule has 0 heterocycles. The summed E-state index contributed by atoms with van der Waals surface area (Å²) in [5.74, 6) is -55.8. The molecule has 188 valence electrons. The molecule has 0 aliphatic carbocycles. The molecule has 0 bridgehead atoms. The molecule has 0 aliphatic heterocycles. The van der Waals surface area contributed by atoms with Gasteiger partial charge in [-0.1, -0.05) is 35.9 Å². The Kier molecular flexibility index (Phi) is 8.27. The van der Waals surface area contributed by atoms with Gasteiger partial charge in [0.1, 0.15) is 0 Å². The van der Waals surface area contributed by atoms with Crippen LogP contribution in [0, 0.1) is 0 Å². The van der Waals surface area contributed by atoms with Crippen LogP contribution in [0.3, 0.4) is 0 Å². The molecule has 0 saturated carbocycles. The lowest BCUT2D eigenvalue weighted by Gasteiger charge is -2.43. The summed E-state index contributed by atoms with van der Waals surface area (Å²) in [7, 11) is 0. The Bertz CT molecular complexity index is 620. The van der Waals surface area contributed by atoms with Crippen molar-refractivity contribution in [1.29, 1.82) is 0 Å². The summed E-state index contributed by atoms with van der Waals surface area (Å²) in [5.41, 5.74) is 0. The van der Waals surface area contributed by atoms with Crippen LogP contribution in [0.4, 0.5) is 74.6 Å². The molecular formula is C13H10F17I. The molecule has 0 radical (unpaired) electrons. The van der Waals surface area contributed by atoms with Crippen LogP contribution in [-0.2, 0) is 0 Å². The minimum atomic E-state index is -8.57. The summed E-state index contributed by atoms with van der Waals surface area (Å²) >= 11 is 0.966. The summed E-state index contributed by atoms with van der Waals surface area (Å²) < 4.78 is 220. The molecule has 31 heavy (non-hydrogen) atoms. The Hall–Kier alpha value is -0.460. The van der Waals surface area contributed by atoms with Crippen molar-refractivity contribution in [2.45, 2.75) is 77.7 Å². The van der Waals surface area contributed by atoms with Gasteiger partial charge in [-0.25, -0.2) is 0 Å². The van der Waals surface area contributed by atoms with E-state index in [1.807, 2.05) is 0 Å². The molecule has 0 nitrogen and oxygen atoms in total. The van der Waals surface area contributed by atoms with Gasteiger partial charge in [-0.05, 0) is 6.42 Å². The summed E-state index contributed by atoms with van der Waals surface area (Å²) in [6, 6.07) is 0. The zero-order valence-corrected chi connectivity index (χ0v) is 16.7. The van der Waals surface area contributed by atoms with E-state index < -0.39 is 64.4 Å². The average Bonchev–Trinajstić information content (AvgIpc) is 2.52. The first-order valence-electron chi connectivity index (χ1n) is 7.56. The predicted molar refractivity (Wildman–Crippen MR) is 78.0 cm³/mol. The van der Waals surface area contributed by atoms with E-state index in [0.717, 1.165) is 22.6 Å². The molecule has 0 aromatic carbocycles. The number of alkyl halides is 18. The van der Waals surface area contributed by atoms with Gasteiger partial charge in [0, 0.05) is 10.3 Å². The molecule has 0 aromatic rings. The third kappa shape index (κ3) is 4.50. The molecule has 1 atom stereocenters. The van der Waals surface area contributed by atoms with Crippen molar-refractivity contribution in [3.8, 4) is 0 Å². The third-order valence-electron chi connectivity index (χ3n) is 3.87. The first-order chi connectivity index (χ1) is 13.2. The fourth-order valence-corrected chi connectivity index (χ4v) is 3.19. The second-order valence-corrected chi connectivity index (χ2v) is 8.00. The zero-order valence-electron chi connectivity index (χ0n) is 14.5. The van der Waals surface area contributed by atoms with Gasteiger partial charge in [-0.2, -0.15) is 74.6 Å². The first kappa shape index (κ1) is 30.5. The summed E-state index contributed by atoms with van der Waals surface area (Å²) in [5, 5.41) is 0. The van der Waals surface area contributed by atoms with Gasteiger partial charge in [0.05, 0.1) is 0 Å². The monoisotopic (exact) mass is 616 g/mol. The Morgan fingerprint density at radius 3 is 1.10 bits per heavy atom. The van der Waals surface area contributed by atoms with E-state index in [-0.39, 0.29) is 6.42 Å². The van der Waals surface area contributed by atoms with Crippen LogP contribution in [0.5, 0.6) is 0 Å². The van der Waals surface area contributed by atoms with Crippen LogP contribution < -0.4 is 0 Å². The summed E-state index contributed by atoms with van der Waals surface area (Å²) in [6.07, 6.45) is -10.6.